The zero-order chi connectivity index (χ0) is 20.8. The van der Waals surface area contributed by atoms with E-state index in [9.17, 15) is 8.78 Å². The van der Waals surface area contributed by atoms with Crippen molar-refractivity contribution in [2.24, 2.45) is 5.10 Å². The van der Waals surface area contributed by atoms with Gasteiger partial charge in [-0.3, -0.25) is 5.43 Å². The number of aromatic nitrogens is 1. The van der Waals surface area contributed by atoms with Crippen LogP contribution >= 0.6 is 11.3 Å². The van der Waals surface area contributed by atoms with Crippen molar-refractivity contribution >= 4 is 22.7 Å². The summed E-state index contributed by atoms with van der Waals surface area (Å²) in [5.74, 6) is -1.97. The Balaban J connectivity index is 1.40. The van der Waals surface area contributed by atoms with E-state index >= 15 is 0 Å². The van der Waals surface area contributed by atoms with Crippen LogP contribution in [0, 0.1) is 11.6 Å². The van der Waals surface area contributed by atoms with Gasteiger partial charge >= 0.3 is 0 Å². The van der Waals surface area contributed by atoms with Crippen LogP contribution < -0.4 is 10.2 Å². The first-order chi connectivity index (χ1) is 14.7. The summed E-state index contributed by atoms with van der Waals surface area (Å²) in [6.07, 6.45) is 1.33. The van der Waals surface area contributed by atoms with Gasteiger partial charge in [0.1, 0.15) is 6.61 Å². The predicted octanol–water partition coefficient (Wildman–Crippen LogP) is 6.11. The van der Waals surface area contributed by atoms with Gasteiger partial charge in [-0.1, -0.05) is 60.7 Å². The molecule has 1 N–H and O–H groups in total. The molecule has 0 spiro atoms. The molecule has 3 aromatic carbocycles. The molecular weight excluding hydrogens is 404 g/mol. The maximum Gasteiger partial charge on any atom is 0.203 e. The number of nitrogens with zero attached hydrogens (tertiary/aromatic N) is 2. The van der Waals surface area contributed by atoms with Crippen molar-refractivity contribution in [2.75, 3.05) is 5.43 Å². The second-order valence-electron chi connectivity index (χ2n) is 6.36. The highest BCUT2D eigenvalue weighted by Gasteiger charge is 2.12. The third kappa shape index (κ3) is 4.87. The number of rotatable bonds is 7. The lowest BCUT2D eigenvalue weighted by atomic mass is 10.2. The highest BCUT2D eigenvalue weighted by molar-refractivity contribution is 7.14. The molecule has 1 aromatic heterocycles. The Labute approximate surface area is 176 Å². The Morgan fingerprint density at radius 1 is 0.967 bits per heavy atom. The van der Waals surface area contributed by atoms with E-state index < -0.39 is 17.4 Å². The van der Waals surface area contributed by atoms with Crippen molar-refractivity contribution in [1.29, 1.82) is 0 Å². The number of nitrogens with one attached hydrogen (secondary N) is 1. The molecule has 150 valence electrons. The molecule has 4 rings (SSSR count). The molecule has 0 saturated heterocycles. The molecule has 0 aliphatic rings. The standard InChI is InChI=1S/C23H17F2N3OS/c24-19-11-17(12-20(25)22(19)29-14-16-7-3-1-4-8-16)13-26-28-23-27-21(15-30-23)18-9-5-2-6-10-18/h1-13,15H,14H2,(H,27,28). The summed E-state index contributed by atoms with van der Waals surface area (Å²) in [7, 11) is 0. The van der Waals surface area contributed by atoms with Crippen molar-refractivity contribution in [3.8, 4) is 17.0 Å². The Bertz CT molecular complexity index is 1120. The minimum absolute atomic E-state index is 0.0808. The molecule has 0 aliphatic heterocycles. The molecule has 4 nitrogen and oxygen atoms in total. The van der Waals surface area contributed by atoms with Crippen LogP contribution in [0.1, 0.15) is 11.1 Å². The van der Waals surface area contributed by atoms with E-state index in [1.165, 1.54) is 29.7 Å². The van der Waals surface area contributed by atoms with Gasteiger partial charge in [-0.25, -0.2) is 13.8 Å². The maximum absolute atomic E-state index is 14.3. The average molecular weight is 421 g/mol. The van der Waals surface area contributed by atoms with E-state index in [0.717, 1.165) is 16.8 Å². The largest absolute Gasteiger partial charge is 0.483 e. The summed E-state index contributed by atoms with van der Waals surface area (Å²) in [6, 6.07) is 21.3. The van der Waals surface area contributed by atoms with Crippen LogP contribution in [0.15, 0.2) is 83.3 Å². The van der Waals surface area contributed by atoms with Crippen LogP contribution in [0.5, 0.6) is 5.75 Å². The number of benzene rings is 3. The Kier molecular flexibility index (Phi) is 6.10. The number of hydrogen-bond donors (Lipinski definition) is 1. The zero-order valence-electron chi connectivity index (χ0n) is 15.8. The van der Waals surface area contributed by atoms with Crippen molar-refractivity contribution in [1.82, 2.24) is 4.98 Å². The number of halogens is 2. The zero-order valence-corrected chi connectivity index (χ0v) is 16.6. The van der Waals surface area contributed by atoms with Crippen LogP contribution in [0.25, 0.3) is 11.3 Å². The fraction of sp³-hybridized carbons (Fsp3) is 0.0435. The molecule has 4 aromatic rings. The second kappa shape index (κ2) is 9.28. The van der Waals surface area contributed by atoms with E-state index in [1.54, 1.807) is 0 Å². The molecule has 0 atom stereocenters. The van der Waals surface area contributed by atoms with Gasteiger partial charge in [0.25, 0.3) is 0 Å². The third-order valence-electron chi connectivity index (χ3n) is 4.19. The number of hydrazone groups is 1. The highest BCUT2D eigenvalue weighted by Crippen LogP contribution is 2.25. The molecule has 0 amide bonds. The van der Waals surface area contributed by atoms with Gasteiger partial charge in [0.15, 0.2) is 17.4 Å². The summed E-state index contributed by atoms with van der Waals surface area (Å²) < 4.78 is 33.9. The summed E-state index contributed by atoms with van der Waals surface area (Å²) in [4.78, 5) is 4.44. The van der Waals surface area contributed by atoms with E-state index in [4.69, 9.17) is 4.74 Å². The first kappa shape index (κ1) is 19.7. The van der Waals surface area contributed by atoms with Gasteiger partial charge in [0.05, 0.1) is 11.9 Å². The lowest BCUT2D eigenvalue weighted by molar-refractivity contribution is 0.274. The molecule has 7 heteroatoms. The normalized spacial score (nSPS) is 11.0. The van der Waals surface area contributed by atoms with Crippen LogP contribution in [0.3, 0.4) is 0 Å². The third-order valence-corrected chi connectivity index (χ3v) is 4.94. The van der Waals surface area contributed by atoms with Crippen molar-refractivity contribution < 1.29 is 13.5 Å². The van der Waals surface area contributed by atoms with Crippen LogP contribution in [0.2, 0.25) is 0 Å². The first-order valence-electron chi connectivity index (χ1n) is 9.15. The lowest BCUT2D eigenvalue weighted by Crippen LogP contribution is -2.01. The average Bonchev–Trinajstić information content (AvgIpc) is 3.23. The SMILES string of the molecule is Fc1cc(C=NNc2nc(-c3ccccc3)cs2)cc(F)c1OCc1ccccc1. The summed E-state index contributed by atoms with van der Waals surface area (Å²) in [5.41, 5.74) is 5.71. The van der Waals surface area contributed by atoms with E-state index in [2.05, 4.69) is 15.5 Å². The maximum atomic E-state index is 14.3. The number of thiazole rings is 1. The summed E-state index contributed by atoms with van der Waals surface area (Å²) in [5, 5.41) is 6.51. The van der Waals surface area contributed by atoms with Gasteiger partial charge in [-0.05, 0) is 17.7 Å². The summed E-state index contributed by atoms with van der Waals surface area (Å²) >= 11 is 1.39. The van der Waals surface area contributed by atoms with Crippen LogP contribution in [0.4, 0.5) is 13.9 Å². The molecule has 0 saturated carbocycles. The molecule has 0 fully saturated rings. The molecule has 0 aliphatic carbocycles. The van der Waals surface area contributed by atoms with Gasteiger partial charge in [0.2, 0.25) is 5.13 Å². The van der Waals surface area contributed by atoms with Crippen molar-refractivity contribution in [2.45, 2.75) is 6.61 Å². The van der Waals surface area contributed by atoms with Crippen LogP contribution in [-0.4, -0.2) is 11.2 Å². The second-order valence-corrected chi connectivity index (χ2v) is 7.22. The van der Waals surface area contributed by atoms with E-state index in [1.807, 2.05) is 66.0 Å². The molecule has 0 radical (unpaired) electrons. The minimum atomic E-state index is -0.784. The molecule has 1 heterocycles. The number of hydrogen-bond acceptors (Lipinski definition) is 5. The molecular formula is C23H17F2N3OS. The van der Waals surface area contributed by atoms with Crippen molar-refractivity contribution in [3.63, 3.8) is 0 Å². The topological polar surface area (TPSA) is 46.5 Å². The Hall–Kier alpha value is -3.58. The first-order valence-corrected chi connectivity index (χ1v) is 10.0. The van der Waals surface area contributed by atoms with E-state index in [0.29, 0.717) is 5.13 Å². The highest BCUT2D eigenvalue weighted by atomic mass is 32.1. The van der Waals surface area contributed by atoms with Crippen LogP contribution in [-0.2, 0) is 6.61 Å². The summed E-state index contributed by atoms with van der Waals surface area (Å²) in [6.45, 7) is 0.0808. The Morgan fingerprint density at radius 3 is 2.33 bits per heavy atom. The van der Waals surface area contributed by atoms with E-state index in [-0.39, 0.29) is 12.2 Å². The monoisotopic (exact) mass is 421 g/mol. The Morgan fingerprint density at radius 2 is 1.63 bits per heavy atom. The smallest absolute Gasteiger partial charge is 0.203 e. The molecule has 0 unspecified atom stereocenters. The number of ether oxygens (including phenoxy) is 1. The van der Waals surface area contributed by atoms with Gasteiger partial charge in [0, 0.05) is 16.5 Å². The predicted molar refractivity (Wildman–Crippen MR) is 116 cm³/mol. The fourth-order valence-electron chi connectivity index (χ4n) is 2.75. The van der Waals surface area contributed by atoms with Gasteiger partial charge in [-0.15, -0.1) is 11.3 Å². The molecule has 0 bridgehead atoms. The van der Waals surface area contributed by atoms with Gasteiger partial charge < -0.3 is 4.74 Å². The van der Waals surface area contributed by atoms with Crippen molar-refractivity contribution in [3.05, 3.63) is 101 Å². The quantitative estimate of drug-likeness (QED) is 0.289. The lowest BCUT2D eigenvalue weighted by Gasteiger charge is -2.09. The number of anilines is 1. The van der Waals surface area contributed by atoms with Gasteiger partial charge in [-0.2, -0.15) is 5.10 Å². The minimum Gasteiger partial charge on any atom is -0.483 e. The molecule has 30 heavy (non-hydrogen) atoms. The fourth-order valence-corrected chi connectivity index (χ4v) is 3.42.